The molecule has 2 aromatic carbocycles. The van der Waals surface area contributed by atoms with Crippen molar-refractivity contribution >= 4 is 12.0 Å². The molecule has 2 saturated heterocycles. The number of benzene rings is 2. The Morgan fingerprint density at radius 3 is 2.21 bits per heavy atom. The van der Waals surface area contributed by atoms with Gasteiger partial charge in [0, 0.05) is 38.0 Å². The van der Waals surface area contributed by atoms with E-state index in [0.29, 0.717) is 31.1 Å². The molecule has 2 amide bonds. The minimum atomic E-state index is -0.525. The lowest BCUT2D eigenvalue weighted by Crippen LogP contribution is -2.41. The van der Waals surface area contributed by atoms with Gasteiger partial charge >= 0.3 is 6.09 Å². The van der Waals surface area contributed by atoms with Crippen LogP contribution < -0.4 is 0 Å². The van der Waals surface area contributed by atoms with Gasteiger partial charge in [0.2, 0.25) is 0 Å². The third-order valence-corrected chi connectivity index (χ3v) is 8.05. The lowest BCUT2D eigenvalue weighted by atomic mass is 9.90. The maximum absolute atomic E-state index is 14.0. The predicted octanol–water partition coefficient (Wildman–Crippen LogP) is 6.23. The van der Waals surface area contributed by atoms with Crippen molar-refractivity contribution in [2.45, 2.75) is 71.3 Å². The van der Waals surface area contributed by atoms with Gasteiger partial charge < -0.3 is 14.5 Å². The predicted molar refractivity (Wildman–Crippen MR) is 153 cm³/mol. The van der Waals surface area contributed by atoms with E-state index in [1.54, 1.807) is 11.1 Å². The van der Waals surface area contributed by atoms with Crippen LogP contribution in [0.15, 0.2) is 54.7 Å². The molecule has 1 atom stereocenters. The van der Waals surface area contributed by atoms with E-state index in [1.807, 2.05) is 36.4 Å². The average Bonchev–Trinajstić information content (AvgIpc) is 3.58. The van der Waals surface area contributed by atoms with Gasteiger partial charge in [-0.2, -0.15) is 5.10 Å². The second-order valence-electron chi connectivity index (χ2n) is 12.0. The zero-order valence-corrected chi connectivity index (χ0v) is 23.8. The number of aromatic nitrogens is 2. The molecular formula is C32H40N4O3. The number of carbonyl (C=O) groups excluding carboxylic acids is 2. The van der Waals surface area contributed by atoms with E-state index in [2.05, 4.69) is 56.3 Å². The molecule has 0 N–H and O–H groups in total. The van der Waals surface area contributed by atoms with Crippen molar-refractivity contribution < 1.29 is 14.3 Å². The van der Waals surface area contributed by atoms with E-state index in [1.165, 1.54) is 16.7 Å². The van der Waals surface area contributed by atoms with Crippen LogP contribution in [0.1, 0.15) is 84.6 Å². The molecule has 2 aliphatic heterocycles. The zero-order valence-electron chi connectivity index (χ0n) is 23.8. The maximum atomic E-state index is 14.0. The molecular weight excluding hydrogens is 488 g/mol. The van der Waals surface area contributed by atoms with E-state index < -0.39 is 5.60 Å². The topological polar surface area (TPSA) is 67.7 Å². The summed E-state index contributed by atoms with van der Waals surface area (Å²) in [5.41, 5.74) is 5.76. The Morgan fingerprint density at radius 1 is 0.872 bits per heavy atom. The van der Waals surface area contributed by atoms with Gasteiger partial charge in [0.05, 0.1) is 23.1 Å². The van der Waals surface area contributed by atoms with Gasteiger partial charge in [0.15, 0.2) is 0 Å². The van der Waals surface area contributed by atoms with Gasteiger partial charge in [0.25, 0.3) is 5.91 Å². The standard InChI is InChI=1S/C32H40N4O3/c1-22-11-12-27(19-23(22)2)36-29(25-13-16-34(17-14-25)31(38)39-32(3,4)5)28(20-33-36)30(37)35-18-15-26(21-35)24-9-7-6-8-10-24/h6-12,19-20,25-26H,13-18,21H2,1-5H3/t26-/m0/s1. The molecule has 1 aromatic heterocycles. The van der Waals surface area contributed by atoms with E-state index in [0.717, 1.165) is 37.2 Å². The largest absolute Gasteiger partial charge is 0.444 e. The molecule has 0 unspecified atom stereocenters. The first-order valence-corrected chi connectivity index (χ1v) is 14.1. The smallest absolute Gasteiger partial charge is 0.410 e. The van der Waals surface area contributed by atoms with Crippen LogP contribution >= 0.6 is 0 Å². The molecule has 3 heterocycles. The first-order valence-electron chi connectivity index (χ1n) is 14.1. The monoisotopic (exact) mass is 528 g/mol. The van der Waals surface area contributed by atoms with Gasteiger partial charge in [0.1, 0.15) is 5.60 Å². The quantitative estimate of drug-likeness (QED) is 0.402. The summed E-state index contributed by atoms with van der Waals surface area (Å²) in [4.78, 5) is 30.4. The van der Waals surface area contributed by atoms with E-state index in [9.17, 15) is 9.59 Å². The molecule has 0 bridgehead atoms. The summed E-state index contributed by atoms with van der Waals surface area (Å²) in [6.45, 7) is 12.5. The van der Waals surface area contributed by atoms with Crippen LogP contribution in [-0.2, 0) is 4.74 Å². The van der Waals surface area contributed by atoms with Crippen molar-refractivity contribution in [3.8, 4) is 5.69 Å². The van der Waals surface area contributed by atoms with Gasteiger partial charge in [-0.1, -0.05) is 36.4 Å². The van der Waals surface area contributed by atoms with Crippen molar-refractivity contribution in [2.24, 2.45) is 0 Å². The number of piperidine rings is 1. The van der Waals surface area contributed by atoms with Crippen LogP contribution in [-0.4, -0.2) is 63.4 Å². The molecule has 5 rings (SSSR count). The molecule has 0 radical (unpaired) electrons. The van der Waals surface area contributed by atoms with Crippen LogP contribution in [0.3, 0.4) is 0 Å². The van der Waals surface area contributed by atoms with Crippen LogP contribution in [0, 0.1) is 13.8 Å². The second-order valence-corrected chi connectivity index (χ2v) is 12.0. The first-order chi connectivity index (χ1) is 18.6. The number of ether oxygens (including phenoxy) is 1. The molecule has 7 nitrogen and oxygen atoms in total. The lowest BCUT2D eigenvalue weighted by Gasteiger charge is -2.34. The summed E-state index contributed by atoms with van der Waals surface area (Å²) < 4.78 is 7.56. The first kappa shape index (κ1) is 27.0. The van der Waals surface area contributed by atoms with Crippen molar-refractivity contribution in [1.82, 2.24) is 19.6 Å². The molecule has 0 saturated carbocycles. The molecule has 39 heavy (non-hydrogen) atoms. The van der Waals surface area contributed by atoms with Crippen molar-refractivity contribution in [3.05, 3.63) is 82.7 Å². The van der Waals surface area contributed by atoms with Gasteiger partial charge in [-0.05, 0) is 82.7 Å². The van der Waals surface area contributed by atoms with Crippen LogP contribution in [0.4, 0.5) is 4.79 Å². The summed E-state index contributed by atoms with van der Waals surface area (Å²) in [7, 11) is 0. The lowest BCUT2D eigenvalue weighted by molar-refractivity contribution is 0.0203. The van der Waals surface area contributed by atoms with E-state index in [-0.39, 0.29) is 17.9 Å². The minimum absolute atomic E-state index is 0.0492. The van der Waals surface area contributed by atoms with Gasteiger partial charge in [-0.25, -0.2) is 9.48 Å². The highest BCUT2D eigenvalue weighted by Gasteiger charge is 2.35. The third kappa shape index (κ3) is 5.87. The highest BCUT2D eigenvalue weighted by atomic mass is 16.6. The van der Waals surface area contributed by atoms with Gasteiger partial charge in [-0.3, -0.25) is 4.79 Å². The number of likely N-dealkylation sites (tertiary alicyclic amines) is 2. The Kier molecular flexibility index (Phi) is 7.52. The van der Waals surface area contributed by atoms with Crippen molar-refractivity contribution in [2.75, 3.05) is 26.2 Å². The fourth-order valence-electron chi connectivity index (χ4n) is 5.75. The highest BCUT2D eigenvalue weighted by Crippen LogP contribution is 2.35. The van der Waals surface area contributed by atoms with Crippen LogP contribution in [0.2, 0.25) is 0 Å². The number of nitrogens with zero attached hydrogens (tertiary/aromatic N) is 4. The van der Waals surface area contributed by atoms with Crippen LogP contribution in [0.25, 0.3) is 5.69 Å². The second kappa shape index (κ2) is 10.9. The summed E-state index contributed by atoms with van der Waals surface area (Å²) in [5.74, 6) is 0.512. The normalized spacial score (nSPS) is 18.4. The molecule has 7 heteroatoms. The zero-order chi connectivity index (χ0) is 27.7. The Bertz CT molecular complexity index is 1330. The van der Waals surface area contributed by atoms with Crippen molar-refractivity contribution in [3.63, 3.8) is 0 Å². The Hall–Kier alpha value is -3.61. The molecule has 0 aliphatic carbocycles. The van der Waals surface area contributed by atoms with Gasteiger partial charge in [-0.15, -0.1) is 0 Å². The number of aryl methyl sites for hydroxylation is 2. The molecule has 206 valence electrons. The average molecular weight is 529 g/mol. The number of rotatable bonds is 4. The number of amides is 2. The highest BCUT2D eigenvalue weighted by molar-refractivity contribution is 5.95. The molecule has 0 spiro atoms. The summed E-state index contributed by atoms with van der Waals surface area (Å²) in [5, 5.41) is 4.77. The van der Waals surface area contributed by atoms with Crippen LogP contribution in [0.5, 0.6) is 0 Å². The third-order valence-electron chi connectivity index (χ3n) is 8.05. The molecule has 3 aromatic rings. The number of hydrogen-bond donors (Lipinski definition) is 0. The SMILES string of the molecule is Cc1ccc(-n2ncc(C(=O)N3CC[C@H](c4ccccc4)C3)c2C2CCN(C(=O)OC(C)(C)C)CC2)cc1C. The fraction of sp³-hybridized carbons (Fsp3) is 0.469. The Labute approximate surface area is 231 Å². The number of hydrogen-bond acceptors (Lipinski definition) is 4. The Morgan fingerprint density at radius 2 is 1.54 bits per heavy atom. The maximum Gasteiger partial charge on any atom is 0.410 e. The van der Waals surface area contributed by atoms with E-state index >= 15 is 0 Å². The summed E-state index contributed by atoms with van der Waals surface area (Å²) in [6, 6.07) is 16.8. The molecule has 2 aliphatic rings. The van der Waals surface area contributed by atoms with Crippen molar-refractivity contribution in [1.29, 1.82) is 0 Å². The van der Waals surface area contributed by atoms with E-state index in [4.69, 9.17) is 9.84 Å². The summed E-state index contributed by atoms with van der Waals surface area (Å²) >= 11 is 0. The minimum Gasteiger partial charge on any atom is -0.444 e. The Balaban J connectivity index is 1.41. The molecule has 2 fully saturated rings. The summed E-state index contributed by atoms with van der Waals surface area (Å²) in [6.07, 6.45) is 3.95. The fourth-order valence-corrected chi connectivity index (χ4v) is 5.75. The number of carbonyl (C=O) groups is 2.